The van der Waals surface area contributed by atoms with Crippen molar-refractivity contribution in [3.63, 3.8) is 0 Å². The summed E-state index contributed by atoms with van der Waals surface area (Å²) in [7, 11) is 0. The van der Waals surface area contributed by atoms with E-state index in [0.29, 0.717) is 13.0 Å². The van der Waals surface area contributed by atoms with Gasteiger partial charge in [-0.3, -0.25) is 9.78 Å². The number of hydrogen-bond donors (Lipinski definition) is 1. The van der Waals surface area contributed by atoms with Crippen LogP contribution >= 0.6 is 31.9 Å². The van der Waals surface area contributed by atoms with Crippen molar-refractivity contribution >= 4 is 37.8 Å². The summed E-state index contributed by atoms with van der Waals surface area (Å²) in [6.07, 6.45) is 5.72. The van der Waals surface area contributed by atoms with Gasteiger partial charge >= 0.3 is 0 Å². The van der Waals surface area contributed by atoms with Gasteiger partial charge in [-0.05, 0) is 56.0 Å². The van der Waals surface area contributed by atoms with Crippen LogP contribution < -0.4 is 0 Å². The molecule has 0 aliphatic carbocycles. The van der Waals surface area contributed by atoms with E-state index in [9.17, 15) is 4.79 Å². The molecule has 1 amide bonds. The van der Waals surface area contributed by atoms with Gasteiger partial charge in [0, 0.05) is 49.6 Å². The molecule has 0 unspecified atom stereocenters. The molecule has 2 aromatic heterocycles. The zero-order chi connectivity index (χ0) is 14.8. The summed E-state index contributed by atoms with van der Waals surface area (Å²) >= 11 is 7.05. The minimum atomic E-state index is 0.210. The molecular formula is C15H15Br2N3O. The molecule has 110 valence electrons. The number of carbonyl (C=O) groups is 1. The highest BCUT2D eigenvalue weighted by atomic mass is 79.9. The van der Waals surface area contributed by atoms with Crippen molar-refractivity contribution in [3.05, 3.63) is 50.4 Å². The summed E-state index contributed by atoms with van der Waals surface area (Å²) < 4.78 is 1.99. The first-order chi connectivity index (χ1) is 10.1. The molecule has 0 bridgehead atoms. The summed E-state index contributed by atoms with van der Waals surface area (Å²) in [4.78, 5) is 21.6. The fourth-order valence-corrected chi connectivity index (χ4v) is 3.54. The summed E-state index contributed by atoms with van der Waals surface area (Å²) in [6, 6.07) is 3.92. The first kappa shape index (κ1) is 14.8. The number of halogens is 2. The second kappa shape index (κ2) is 6.32. The van der Waals surface area contributed by atoms with Crippen LogP contribution in [0.1, 0.15) is 23.2 Å². The number of fused-ring (bicyclic) bond motifs is 1. The summed E-state index contributed by atoms with van der Waals surface area (Å²) in [5.74, 6) is 0.210. The Balaban J connectivity index is 1.63. The van der Waals surface area contributed by atoms with Crippen molar-refractivity contribution in [2.45, 2.75) is 25.8 Å². The second-order valence-electron chi connectivity index (χ2n) is 5.13. The Labute approximate surface area is 140 Å². The molecule has 6 heteroatoms. The van der Waals surface area contributed by atoms with Crippen molar-refractivity contribution in [2.75, 3.05) is 6.54 Å². The molecule has 2 aromatic rings. The predicted molar refractivity (Wildman–Crippen MR) is 87.9 cm³/mol. The molecule has 0 radical (unpaired) electrons. The number of carbonyl (C=O) groups excluding carboxylic acids is 1. The number of aryl methyl sites for hydroxylation is 1. The average Bonchev–Trinajstić information content (AvgIpc) is 2.80. The first-order valence-corrected chi connectivity index (χ1v) is 8.45. The van der Waals surface area contributed by atoms with Gasteiger partial charge in [-0.2, -0.15) is 0 Å². The highest BCUT2D eigenvalue weighted by molar-refractivity contribution is 9.13. The summed E-state index contributed by atoms with van der Waals surface area (Å²) in [5.41, 5.74) is 3.55. The van der Waals surface area contributed by atoms with Crippen LogP contribution in [0, 0.1) is 0 Å². The molecule has 3 heterocycles. The third kappa shape index (κ3) is 3.21. The molecule has 1 aliphatic rings. The molecule has 21 heavy (non-hydrogen) atoms. The van der Waals surface area contributed by atoms with Gasteiger partial charge < -0.3 is 9.88 Å². The zero-order valence-corrected chi connectivity index (χ0v) is 14.6. The van der Waals surface area contributed by atoms with Crippen molar-refractivity contribution in [3.8, 4) is 0 Å². The molecule has 1 N–H and O–H groups in total. The van der Waals surface area contributed by atoms with Gasteiger partial charge in [0.05, 0.1) is 9.08 Å². The van der Waals surface area contributed by atoms with Gasteiger partial charge in [-0.15, -0.1) is 0 Å². The number of H-pyrrole nitrogens is 1. The normalized spacial score (nSPS) is 14.1. The minimum absolute atomic E-state index is 0.210. The lowest BCUT2D eigenvalue weighted by Gasteiger charge is -2.27. The molecule has 0 aromatic carbocycles. The largest absolute Gasteiger partial charge is 0.352 e. The summed E-state index contributed by atoms with van der Waals surface area (Å²) in [5, 5.41) is 0. The maximum Gasteiger partial charge on any atom is 0.223 e. The fourth-order valence-electron chi connectivity index (χ4n) is 2.59. The van der Waals surface area contributed by atoms with Gasteiger partial charge in [0.2, 0.25) is 5.91 Å². The maximum atomic E-state index is 12.4. The average molecular weight is 413 g/mol. The highest BCUT2D eigenvalue weighted by Crippen LogP contribution is 2.33. The topological polar surface area (TPSA) is 49.0 Å². The SMILES string of the molecule is O=C(CCc1ccncc1)N1CCc2[nH]c(Br)c(Br)c2C1. The number of aromatic amines is 1. The number of pyridine rings is 1. The van der Waals surface area contributed by atoms with Crippen LogP contribution in [0.2, 0.25) is 0 Å². The van der Waals surface area contributed by atoms with E-state index in [4.69, 9.17) is 0 Å². The monoisotopic (exact) mass is 411 g/mol. The van der Waals surface area contributed by atoms with Crippen molar-refractivity contribution in [1.29, 1.82) is 0 Å². The Kier molecular flexibility index (Phi) is 4.45. The van der Waals surface area contributed by atoms with Crippen LogP contribution in [-0.2, 0) is 24.2 Å². The number of hydrogen-bond acceptors (Lipinski definition) is 2. The van der Waals surface area contributed by atoms with Crippen molar-refractivity contribution in [2.24, 2.45) is 0 Å². The second-order valence-corrected chi connectivity index (χ2v) is 6.72. The smallest absolute Gasteiger partial charge is 0.223 e. The van der Waals surface area contributed by atoms with Crippen LogP contribution in [0.4, 0.5) is 0 Å². The molecule has 4 nitrogen and oxygen atoms in total. The highest BCUT2D eigenvalue weighted by Gasteiger charge is 2.24. The molecule has 1 aliphatic heterocycles. The number of nitrogens with zero attached hydrogens (tertiary/aromatic N) is 2. The molecule has 3 rings (SSSR count). The van der Waals surface area contributed by atoms with E-state index < -0.39 is 0 Å². The van der Waals surface area contributed by atoms with Crippen molar-refractivity contribution < 1.29 is 4.79 Å². The van der Waals surface area contributed by atoms with Gasteiger partial charge in [-0.25, -0.2) is 0 Å². The van der Waals surface area contributed by atoms with Crippen LogP contribution in [0.5, 0.6) is 0 Å². The summed E-state index contributed by atoms with van der Waals surface area (Å²) in [6.45, 7) is 1.45. The maximum absolute atomic E-state index is 12.4. The van der Waals surface area contributed by atoms with E-state index in [2.05, 4.69) is 41.8 Å². The standard InChI is InChI=1S/C15H15Br2N3O/c16-14-11-9-20(8-5-12(11)19-15(14)17)13(21)2-1-10-3-6-18-7-4-10/h3-4,6-7,19H,1-2,5,8-9H2. The van der Waals surface area contributed by atoms with Gasteiger partial charge in [0.1, 0.15) is 0 Å². The Bertz CT molecular complexity index is 654. The van der Waals surface area contributed by atoms with Crippen LogP contribution in [0.3, 0.4) is 0 Å². The lowest BCUT2D eigenvalue weighted by molar-refractivity contribution is -0.132. The number of amides is 1. The van der Waals surface area contributed by atoms with E-state index in [1.165, 1.54) is 11.3 Å². The molecule has 0 atom stereocenters. The lowest BCUT2D eigenvalue weighted by Crippen LogP contribution is -2.36. The lowest BCUT2D eigenvalue weighted by atomic mass is 10.1. The van der Waals surface area contributed by atoms with Crippen molar-refractivity contribution in [1.82, 2.24) is 14.9 Å². The van der Waals surface area contributed by atoms with E-state index in [-0.39, 0.29) is 5.91 Å². The minimum Gasteiger partial charge on any atom is -0.352 e. The Morgan fingerprint density at radius 3 is 2.86 bits per heavy atom. The number of rotatable bonds is 3. The van der Waals surface area contributed by atoms with E-state index in [1.807, 2.05) is 17.0 Å². The Hall–Kier alpha value is -1.14. The van der Waals surface area contributed by atoms with E-state index in [1.54, 1.807) is 12.4 Å². The predicted octanol–water partition coefficient (Wildman–Crippen LogP) is 3.45. The third-order valence-corrected chi connectivity index (χ3v) is 5.79. The number of aromatic nitrogens is 2. The molecular weight excluding hydrogens is 398 g/mol. The van der Waals surface area contributed by atoms with Crippen LogP contribution in [0.25, 0.3) is 0 Å². The quantitative estimate of drug-likeness (QED) is 0.839. The Morgan fingerprint density at radius 2 is 2.10 bits per heavy atom. The Morgan fingerprint density at radius 1 is 1.33 bits per heavy atom. The molecule has 0 saturated heterocycles. The van der Waals surface area contributed by atoms with E-state index >= 15 is 0 Å². The van der Waals surface area contributed by atoms with Gasteiger partial charge in [-0.1, -0.05) is 0 Å². The number of nitrogens with one attached hydrogen (secondary N) is 1. The van der Waals surface area contributed by atoms with Crippen LogP contribution in [0.15, 0.2) is 33.6 Å². The van der Waals surface area contributed by atoms with Crippen LogP contribution in [-0.4, -0.2) is 27.3 Å². The molecule has 0 saturated carbocycles. The van der Waals surface area contributed by atoms with E-state index in [0.717, 1.165) is 34.0 Å². The fraction of sp³-hybridized carbons (Fsp3) is 0.333. The first-order valence-electron chi connectivity index (χ1n) is 6.86. The van der Waals surface area contributed by atoms with Gasteiger partial charge in [0.15, 0.2) is 0 Å². The zero-order valence-electron chi connectivity index (χ0n) is 11.4. The third-order valence-electron chi connectivity index (χ3n) is 3.79. The molecule has 0 fully saturated rings. The molecule has 0 spiro atoms. The van der Waals surface area contributed by atoms with Gasteiger partial charge in [0.25, 0.3) is 0 Å².